The highest BCUT2D eigenvalue weighted by Crippen LogP contribution is 2.29. The van der Waals surface area contributed by atoms with Gasteiger partial charge in [0.25, 0.3) is 0 Å². The molecule has 1 heterocycles. The molecule has 19 heavy (non-hydrogen) atoms. The van der Waals surface area contributed by atoms with E-state index in [9.17, 15) is 0 Å². The largest absolute Gasteiger partial charge is 0.278 e. The predicted molar refractivity (Wildman–Crippen MR) is 80.9 cm³/mol. The Kier molecular flexibility index (Phi) is 3.65. The molecular formula is C15H16ClN3. The molecule has 1 N–H and O–H groups in total. The maximum Gasteiger partial charge on any atom is 0.0656 e. The molecule has 1 aliphatic carbocycles. The second-order valence-corrected chi connectivity index (χ2v) is 5.27. The second kappa shape index (κ2) is 5.57. The van der Waals surface area contributed by atoms with Gasteiger partial charge in [-0.1, -0.05) is 18.0 Å². The van der Waals surface area contributed by atoms with Crippen molar-refractivity contribution in [1.29, 1.82) is 0 Å². The summed E-state index contributed by atoms with van der Waals surface area (Å²) in [6.07, 6.45) is 9.63. The summed E-state index contributed by atoms with van der Waals surface area (Å²) in [5, 5.41) is 7.29. The normalized spacial score (nSPS) is 15.5. The van der Waals surface area contributed by atoms with E-state index < -0.39 is 0 Å². The third-order valence-corrected chi connectivity index (χ3v) is 3.86. The van der Waals surface area contributed by atoms with Crippen LogP contribution >= 0.6 is 11.6 Å². The van der Waals surface area contributed by atoms with Gasteiger partial charge in [0.15, 0.2) is 0 Å². The molecule has 0 aliphatic heterocycles. The summed E-state index contributed by atoms with van der Waals surface area (Å²) < 4.78 is 0. The number of pyridine rings is 1. The minimum Gasteiger partial charge on any atom is -0.278 e. The first-order valence-electron chi connectivity index (χ1n) is 6.68. The average molecular weight is 274 g/mol. The van der Waals surface area contributed by atoms with E-state index in [0.717, 1.165) is 34.3 Å². The molecule has 4 heteroatoms. The van der Waals surface area contributed by atoms with Gasteiger partial charge in [-0.3, -0.25) is 10.4 Å². The highest BCUT2D eigenvalue weighted by molar-refractivity contribution is 6.36. The van der Waals surface area contributed by atoms with E-state index in [0.29, 0.717) is 0 Å². The minimum atomic E-state index is 0.744. The quantitative estimate of drug-likeness (QED) is 0.811. The van der Waals surface area contributed by atoms with Crippen LogP contribution in [0.4, 0.5) is 5.69 Å². The van der Waals surface area contributed by atoms with Crippen LogP contribution in [0, 0.1) is 0 Å². The lowest BCUT2D eigenvalue weighted by atomic mass is 9.99. The number of nitrogens with one attached hydrogen (secondary N) is 1. The van der Waals surface area contributed by atoms with E-state index >= 15 is 0 Å². The fourth-order valence-electron chi connectivity index (χ4n) is 2.46. The Balaban J connectivity index is 1.90. The number of benzene rings is 1. The van der Waals surface area contributed by atoms with Crippen LogP contribution in [0.2, 0.25) is 5.02 Å². The van der Waals surface area contributed by atoms with Gasteiger partial charge in [-0.15, -0.1) is 0 Å². The minimum absolute atomic E-state index is 0.744. The zero-order chi connectivity index (χ0) is 13.1. The van der Waals surface area contributed by atoms with Crippen molar-refractivity contribution in [1.82, 2.24) is 4.98 Å². The molecule has 0 spiro atoms. The molecule has 1 fully saturated rings. The lowest BCUT2D eigenvalue weighted by Crippen LogP contribution is -2.07. The molecule has 0 atom stereocenters. The Morgan fingerprint density at radius 2 is 1.89 bits per heavy atom. The van der Waals surface area contributed by atoms with Crippen molar-refractivity contribution in [3.8, 4) is 0 Å². The van der Waals surface area contributed by atoms with Crippen molar-refractivity contribution in [2.24, 2.45) is 5.10 Å². The summed E-state index contributed by atoms with van der Waals surface area (Å²) in [5.41, 5.74) is 5.40. The molecule has 2 aromatic rings. The van der Waals surface area contributed by atoms with Crippen molar-refractivity contribution >= 4 is 33.8 Å². The van der Waals surface area contributed by atoms with E-state index in [4.69, 9.17) is 11.6 Å². The first-order valence-corrected chi connectivity index (χ1v) is 7.06. The van der Waals surface area contributed by atoms with Crippen LogP contribution in [-0.4, -0.2) is 10.7 Å². The molecule has 0 amide bonds. The van der Waals surface area contributed by atoms with E-state index in [1.807, 2.05) is 24.4 Å². The first kappa shape index (κ1) is 12.4. The van der Waals surface area contributed by atoms with Gasteiger partial charge in [-0.25, -0.2) is 0 Å². The highest BCUT2D eigenvalue weighted by Gasteiger charge is 2.08. The number of fused-ring (bicyclic) bond motifs is 1. The maximum atomic E-state index is 6.19. The molecule has 0 radical (unpaired) electrons. The van der Waals surface area contributed by atoms with Crippen LogP contribution in [0.15, 0.2) is 35.7 Å². The highest BCUT2D eigenvalue weighted by atomic mass is 35.5. The number of hydrogen-bond acceptors (Lipinski definition) is 3. The van der Waals surface area contributed by atoms with Crippen molar-refractivity contribution < 1.29 is 0 Å². The third kappa shape index (κ3) is 2.71. The third-order valence-electron chi connectivity index (χ3n) is 3.53. The number of anilines is 1. The zero-order valence-electron chi connectivity index (χ0n) is 10.7. The number of rotatable bonds is 2. The van der Waals surface area contributed by atoms with Gasteiger partial charge < -0.3 is 0 Å². The van der Waals surface area contributed by atoms with E-state index in [2.05, 4.69) is 15.5 Å². The number of hydrogen-bond donors (Lipinski definition) is 1. The van der Waals surface area contributed by atoms with Crippen molar-refractivity contribution in [3.05, 3.63) is 35.6 Å². The molecule has 1 aromatic carbocycles. The van der Waals surface area contributed by atoms with Gasteiger partial charge in [0.05, 0.1) is 5.69 Å². The van der Waals surface area contributed by atoms with E-state index in [1.165, 1.54) is 25.0 Å². The van der Waals surface area contributed by atoms with Crippen molar-refractivity contribution in [2.75, 3.05) is 5.43 Å². The van der Waals surface area contributed by atoms with Crippen LogP contribution in [0.3, 0.4) is 0 Å². The summed E-state index contributed by atoms with van der Waals surface area (Å²) in [6.45, 7) is 0. The van der Waals surface area contributed by atoms with Crippen LogP contribution in [0.1, 0.15) is 32.1 Å². The topological polar surface area (TPSA) is 37.3 Å². The summed E-state index contributed by atoms with van der Waals surface area (Å²) in [5.74, 6) is 0. The molecule has 98 valence electrons. The maximum absolute atomic E-state index is 6.19. The van der Waals surface area contributed by atoms with Gasteiger partial charge in [0.1, 0.15) is 0 Å². The van der Waals surface area contributed by atoms with Crippen molar-refractivity contribution in [3.63, 3.8) is 0 Å². The molecule has 1 saturated carbocycles. The van der Waals surface area contributed by atoms with Crippen LogP contribution in [0.25, 0.3) is 10.8 Å². The fourth-order valence-corrected chi connectivity index (χ4v) is 2.69. The molecular weight excluding hydrogens is 258 g/mol. The average Bonchev–Trinajstić information content (AvgIpc) is 2.48. The molecule has 0 unspecified atom stereocenters. The Labute approximate surface area is 117 Å². The lowest BCUT2D eigenvalue weighted by Gasteiger charge is -2.13. The number of aromatic nitrogens is 1. The molecule has 0 saturated heterocycles. The van der Waals surface area contributed by atoms with Gasteiger partial charge in [0, 0.05) is 33.9 Å². The Morgan fingerprint density at radius 1 is 1.05 bits per heavy atom. The Bertz CT molecular complexity index is 614. The molecule has 1 aromatic heterocycles. The standard InChI is InChI=1S/C15H16ClN3/c16-14-6-7-15(13-10-17-9-8-12(13)14)19-18-11-4-2-1-3-5-11/h6-10,19H,1-5H2. The van der Waals surface area contributed by atoms with Gasteiger partial charge in [-0.05, 0) is 43.9 Å². The monoisotopic (exact) mass is 273 g/mol. The molecule has 3 nitrogen and oxygen atoms in total. The number of halogens is 1. The van der Waals surface area contributed by atoms with E-state index in [1.54, 1.807) is 6.20 Å². The Hall–Kier alpha value is -1.61. The summed E-state index contributed by atoms with van der Waals surface area (Å²) in [7, 11) is 0. The summed E-state index contributed by atoms with van der Waals surface area (Å²) >= 11 is 6.19. The number of nitrogens with zero attached hydrogens (tertiary/aromatic N) is 2. The smallest absolute Gasteiger partial charge is 0.0656 e. The SMILES string of the molecule is Clc1ccc(NN=C2CCCCC2)c2cnccc12. The van der Waals surface area contributed by atoms with Crippen LogP contribution in [-0.2, 0) is 0 Å². The summed E-state index contributed by atoms with van der Waals surface area (Å²) in [4.78, 5) is 4.16. The second-order valence-electron chi connectivity index (χ2n) is 4.87. The summed E-state index contributed by atoms with van der Waals surface area (Å²) in [6, 6.07) is 5.78. The Morgan fingerprint density at radius 3 is 2.74 bits per heavy atom. The molecule has 3 rings (SSSR count). The predicted octanol–water partition coefficient (Wildman–Crippen LogP) is 4.62. The fraction of sp³-hybridized carbons (Fsp3) is 0.333. The van der Waals surface area contributed by atoms with Gasteiger partial charge in [-0.2, -0.15) is 5.10 Å². The van der Waals surface area contributed by atoms with Crippen molar-refractivity contribution in [2.45, 2.75) is 32.1 Å². The lowest BCUT2D eigenvalue weighted by molar-refractivity contribution is 0.665. The van der Waals surface area contributed by atoms with Gasteiger partial charge >= 0.3 is 0 Å². The first-order chi connectivity index (χ1) is 9.34. The van der Waals surface area contributed by atoms with Crippen LogP contribution in [0.5, 0.6) is 0 Å². The molecule has 1 aliphatic rings. The zero-order valence-corrected chi connectivity index (χ0v) is 11.5. The van der Waals surface area contributed by atoms with E-state index in [-0.39, 0.29) is 0 Å². The van der Waals surface area contributed by atoms with Crippen LogP contribution < -0.4 is 5.43 Å². The molecule has 0 bridgehead atoms. The number of hydrazone groups is 1. The van der Waals surface area contributed by atoms with Gasteiger partial charge in [0.2, 0.25) is 0 Å².